The first-order chi connectivity index (χ1) is 9.37. The zero-order chi connectivity index (χ0) is 14.8. The minimum Gasteiger partial charge on any atom is -0.329 e. The Balaban J connectivity index is 2.08. The Morgan fingerprint density at radius 3 is 2.45 bits per heavy atom. The maximum atomic E-state index is 12.4. The van der Waals surface area contributed by atoms with E-state index in [1.807, 2.05) is 0 Å². The molecule has 0 spiro atoms. The Hall–Kier alpha value is -1.63. The Morgan fingerprint density at radius 2 is 2.00 bits per heavy atom. The second-order valence-corrected chi connectivity index (χ2v) is 5.08. The summed E-state index contributed by atoms with van der Waals surface area (Å²) >= 11 is 0. The third kappa shape index (κ3) is 2.92. The van der Waals surface area contributed by atoms with Gasteiger partial charge < -0.3 is 11.1 Å². The van der Waals surface area contributed by atoms with E-state index in [4.69, 9.17) is 5.73 Å². The number of nitrogens with two attached hydrogens (primary N) is 1. The van der Waals surface area contributed by atoms with Crippen LogP contribution in [0.2, 0.25) is 0 Å². The van der Waals surface area contributed by atoms with Crippen molar-refractivity contribution in [2.24, 2.45) is 11.1 Å². The number of nitrogens with zero attached hydrogens (tertiary/aromatic N) is 1. The minimum atomic E-state index is -4.48. The predicted octanol–water partition coefficient (Wildman–Crippen LogP) is 2.56. The van der Waals surface area contributed by atoms with Gasteiger partial charge in [0.15, 0.2) is 0 Å². The quantitative estimate of drug-likeness (QED) is 0.897. The van der Waals surface area contributed by atoms with Crippen molar-refractivity contribution in [2.45, 2.75) is 31.9 Å². The summed E-state index contributed by atoms with van der Waals surface area (Å²) in [6.45, 7) is 0.243. The van der Waals surface area contributed by atoms with Crippen molar-refractivity contribution < 1.29 is 18.0 Å². The first kappa shape index (κ1) is 14.8. The topological polar surface area (TPSA) is 68.0 Å². The number of aromatic nitrogens is 1. The molecule has 1 aliphatic rings. The van der Waals surface area contributed by atoms with E-state index < -0.39 is 17.3 Å². The third-order valence-corrected chi connectivity index (χ3v) is 3.74. The van der Waals surface area contributed by atoms with E-state index in [9.17, 15) is 18.0 Å². The summed E-state index contributed by atoms with van der Waals surface area (Å²) in [5.74, 6) is -0.237. The molecule has 4 nitrogen and oxygen atoms in total. The summed E-state index contributed by atoms with van der Waals surface area (Å²) in [6, 6.07) is 2.05. The molecule has 7 heteroatoms. The van der Waals surface area contributed by atoms with Gasteiger partial charge in [0, 0.05) is 6.54 Å². The van der Waals surface area contributed by atoms with Crippen molar-refractivity contribution in [2.75, 3.05) is 11.9 Å². The third-order valence-electron chi connectivity index (χ3n) is 3.74. The summed E-state index contributed by atoms with van der Waals surface area (Å²) in [4.78, 5) is 15.5. The van der Waals surface area contributed by atoms with Crippen molar-refractivity contribution in [1.29, 1.82) is 0 Å². The highest BCUT2D eigenvalue weighted by atomic mass is 19.4. The highest BCUT2D eigenvalue weighted by molar-refractivity contribution is 5.95. The van der Waals surface area contributed by atoms with Crippen LogP contribution in [0.3, 0.4) is 0 Å². The summed E-state index contributed by atoms with van der Waals surface area (Å²) in [5.41, 5.74) is 4.36. The molecule has 110 valence electrons. The highest BCUT2D eigenvalue weighted by Gasteiger charge is 2.40. The Kier molecular flexibility index (Phi) is 3.99. The van der Waals surface area contributed by atoms with E-state index in [0.29, 0.717) is 12.8 Å². The van der Waals surface area contributed by atoms with Gasteiger partial charge in [-0.2, -0.15) is 13.2 Å². The molecule has 1 fully saturated rings. The number of amides is 1. The van der Waals surface area contributed by atoms with E-state index in [1.165, 1.54) is 6.07 Å². The lowest BCUT2D eigenvalue weighted by Crippen LogP contribution is -2.40. The van der Waals surface area contributed by atoms with Gasteiger partial charge in [-0.05, 0) is 25.0 Å². The largest absolute Gasteiger partial charge is 0.433 e. The van der Waals surface area contributed by atoms with E-state index in [2.05, 4.69) is 10.3 Å². The van der Waals surface area contributed by atoms with Crippen molar-refractivity contribution in [3.05, 3.63) is 24.0 Å². The van der Waals surface area contributed by atoms with Crippen LogP contribution in [-0.2, 0) is 11.0 Å². The Labute approximate surface area is 114 Å². The van der Waals surface area contributed by atoms with Crippen molar-refractivity contribution in [3.63, 3.8) is 0 Å². The molecule has 0 aromatic carbocycles. The standard InChI is InChI=1S/C13H16F3N3O/c14-13(15,16)10-4-3-9(7-18-10)19-11(20)12(8-17)5-1-2-6-12/h3-4,7H,1-2,5-6,8,17H2,(H,19,20). The van der Waals surface area contributed by atoms with Gasteiger partial charge in [-0.3, -0.25) is 4.79 Å². The molecule has 0 radical (unpaired) electrons. The predicted molar refractivity (Wildman–Crippen MR) is 67.8 cm³/mol. The number of anilines is 1. The smallest absolute Gasteiger partial charge is 0.329 e. The summed E-state index contributed by atoms with van der Waals surface area (Å²) in [5, 5.41) is 2.61. The molecule has 0 unspecified atom stereocenters. The number of hydrogen-bond donors (Lipinski definition) is 2. The second kappa shape index (κ2) is 5.40. The van der Waals surface area contributed by atoms with Gasteiger partial charge in [0.1, 0.15) is 5.69 Å². The summed E-state index contributed by atoms with van der Waals surface area (Å²) in [7, 11) is 0. The van der Waals surface area contributed by atoms with Gasteiger partial charge in [0.25, 0.3) is 0 Å². The van der Waals surface area contributed by atoms with Gasteiger partial charge >= 0.3 is 6.18 Å². The zero-order valence-electron chi connectivity index (χ0n) is 10.8. The van der Waals surface area contributed by atoms with Crippen LogP contribution in [0.15, 0.2) is 18.3 Å². The molecule has 20 heavy (non-hydrogen) atoms. The van der Waals surface area contributed by atoms with Crippen LogP contribution in [0.25, 0.3) is 0 Å². The lowest BCUT2D eigenvalue weighted by atomic mass is 9.85. The molecule has 0 bridgehead atoms. The molecule has 1 saturated carbocycles. The maximum absolute atomic E-state index is 12.4. The number of halogens is 3. The maximum Gasteiger partial charge on any atom is 0.433 e. The average molecular weight is 287 g/mol. The first-order valence-electron chi connectivity index (χ1n) is 6.42. The van der Waals surface area contributed by atoms with Crippen LogP contribution in [0.1, 0.15) is 31.4 Å². The van der Waals surface area contributed by atoms with Crippen LogP contribution in [0, 0.1) is 5.41 Å². The van der Waals surface area contributed by atoms with Gasteiger partial charge in [-0.25, -0.2) is 4.98 Å². The molecule has 3 N–H and O–H groups in total. The number of pyridine rings is 1. The van der Waals surface area contributed by atoms with E-state index in [0.717, 1.165) is 25.1 Å². The molecule has 1 aliphatic carbocycles. The second-order valence-electron chi connectivity index (χ2n) is 5.08. The lowest BCUT2D eigenvalue weighted by molar-refractivity contribution is -0.141. The van der Waals surface area contributed by atoms with E-state index >= 15 is 0 Å². The fourth-order valence-corrected chi connectivity index (χ4v) is 2.47. The SMILES string of the molecule is NCC1(C(=O)Nc2ccc(C(F)(F)F)nc2)CCCC1. The zero-order valence-corrected chi connectivity index (χ0v) is 10.8. The van der Waals surface area contributed by atoms with Crippen LogP contribution in [-0.4, -0.2) is 17.4 Å². The monoisotopic (exact) mass is 287 g/mol. The van der Waals surface area contributed by atoms with Crippen LogP contribution < -0.4 is 11.1 Å². The van der Waals surface area contributed by atoms with E-state index in [1.54, 1.807) is 0 Å². The average Bonchev–Trinajstić information content (AvgIpc) is 2.88. The molecule has 0 aliphatic heterocycles. The number of alkyl halides is 3. The molecule has 1 amide bonds. The van der Waals surface area contributed by atoms with Crippen molar-refractivity contribution >= 4 is 11.6 Å². The van der Waals surface area contributed by atoms with Gasteiger partial charge in [-0.1, -0.05) is 12.8 Å². The molecule has 1 aromatic heterocycles. The molecule has 0 saturated heterocycles. The van der Waals surface area contributed by atoms with Crippen LogP contribution in [0.5, 0.6) is 0 Å². The van der Waals surface area contributed by atoms with Gasteiger partial charge in [0.2, 0.25) is 5.91 Å². The fourth-order valence-electron chi connectivity index (χ4n) is 2.47. The van der Waals surface area contributed by atoms with E-state index in [-0.39, 0.29) is 18.1 Å². The molecule has 1 aromatic rings. The number of carbonyl (C=O) groups is 1. The summed E-state index contributed by atoms with van der Waals surface area (Å²) in [6.07, 6.45) is -0.162. The fraction of sp³-hybridized carbons (Fsp3) is 0.538. The molecule has 2 rings (SSSR count). The molecule has 1 heterocycles. The lowest BCUT2D eigenvalue weighted by Gasteiger charge is -2.25. The van der Waals surface area contributed by atoms with Crippen molar-refractivity contribution in [1.82, 2.24) is 4.98 Å². The van der Waals surface area contributed by atoms with Gasteiger partial charge in [-0.15, -0.1) is 0 Å². The molecular formula is C13H16F3N3O. The van der Waals surface area contributed by atoms with Gasteiger partial charge in [0.05, 0.1) is 17.3 Å². The number of nitrogens with one attached hydrogen (secondary N) is 1. The van der Waals surface area contributed by atoms with Crippen LogP contribution >= 0.6 is 0 Å². The van der Waals surface area contributed by atoms with Crippen LogP contribution in [0.4, 0.5) is 18.9 Å². The Morgan fingerprint density at radius 1 is 1.35 bits per heavy atom. The number of carbonyl (C=O) groups excluding carboxylic acids is 1. The normalized spacial score (nSPS) is 18.0. The molecule has 0 atom stereocenters. The first-order valence-corrected chi connectivity index (χ1v) is 6.42. The summed E-state index contributed by atoms with van der Waals surface area (Å²) < 4.78 is 37.1. The minimum absolute atomic E-state index is 0.237. The number of hydrogen-bond acceptors (Lipinski definition) is 3. The highest BCUT2D eigenvalue weighted by Crippen LogP contribution is 2.38. The molecular weight excluding hydrogens is 271 g/mol. The van der Waals surface area contributed by atoms with Crippen molar-refractivity contribution in [3.8, 4) is 0 Å². The number of rotatable bonds is 3. The Bertz CT molecular complexity index is 479.